The number of aryl methyl sites for hydroxylation is 1. The van der Waals surface area contributed by atoms with Gasteiger partial charge in [-0.15, -0.1) is 10.2 Å². The fraction of sp³-hybridized carbons (Fsp3) is 0.800. The van der Waals surface area contributed by atoms with Gasteiger partial charge in [-0.05, 0) is 32.1 Å². The zero-order chi connectivity index (χ0) is 10.7. The largest absolute Gasteiger partial charge is 0.396 e. The maximum Gasteiger partial charge on any atom is 0.208 e. The van der Waals surface area contributed by atoms with Crippen LogP contribution in [0.4, 0.5) is 5.13 Å². The molecule has 15 heavy (non-hydrogen) atoms. The molecule has 2 rings (SSSR count). The number of aromatic nitrogens is 2. The molecule has 0 spiro atoms. The quantitative estimate of drug-likeness (QED) is 0.849. The van der Waals surface area contributed by atoms with Gasteiger partial charge in [0, 0.05) is 19.7 Å². The summed E-state index contributed by atoms with van der Waals surface area (Å²) in [7, 11) is 0. The second-order valence-electron chi connectivity index (χ2n) is 4.05. The molecule has 1 aliphatic rings. The molecule has 1 aliphatic heterocycles. The Morgan fingerprint density at radius 2 is 2.13 bits per heavy atom. The highest BCUT2D eigenvalue weighted by molar-refractivity contribution is 7.15. The molecule has 0 aliphatic carbocycles. The van der Waals surface area contributed by atoms with E-state index in [2.05, 4.69) is 15.1 Å². The van der Waals surface area contributed by atoms with E-state index in [1.54, 1.807) is 11.3 Å². The molecule has 5 heteroatoms. The van der Waals surface area contributed by atoms with E-state index in [1.165, 1.54) is 12.8 Å². The summed E-state index contributed by atoms with van der Waals surface area (Å²) in [6, 6.07) is 0. The van der Waals surface area contributed by atoms with E-state index in [4.69, 9.17) is 5.11 Å². The van der Waals surface area contributed by atoms with Crippen molar-refractivity contribution in [3.8, 4) is 0 Å². The van der Waals surface area contributed by atoms with Crippen LogP contribution in [-0.4, -0.2) is 35.0 Å². The Bertz CT molecular complexity index is 307. The lowest BCUT2D eigenvalue weighted by molar-refractivity contribution is 0.240. The first kappa shape index (κ1) is 10.8. The predicted molar refractivity (Wildman–Crippen MR) is 61.3 cm³/mol. The Kier molecular flexibility index (Phi) is 3.53. The lowest BCUT2D eigenvalue weighted by atomic mass is 9.94. The minimum atomic E-state index is 0.322. The summed E-state index contributed by atoms with van der Waals surface area (Å²) in [4.78, 5) is 2.30. The minimum absolute atomic E-state index is 0.322. The van der Waals surface area contributed by atoms with E-state index in [1.807, 2.05) is 6.92 Å². The number of anilines is 1. The normalized spacial score (nSPS) is 18.4. The second-order valence-corrected chi connectivity index (χ2v) is 5.21. The van der Waals surface area contributed by atoms with E-state index in [-0.39, 0.29) is 0 Å². The van der Waals surface area contributed by atoms with Gasteiger partial charge in [0.05, 0.1) is 0 Å². The first-order valence-corrected chi connectivity index (χ1v) is 6.27. The van der Waals surface area contributed by atoms with E-state index in [0.29, 0.717) is 12.5 Å². The molecule has 0 aromatic carbocycles. The summed E-state index contributed by atoms with van der Waals surface area (Å²) in [5, 5.41) is 19.1. The van der Waals surface area contributed by atoms with E-state index < -0.39 is 0 Å². The van der Waals surface area contributed by atoms with Crippen LogP contribution in [0, 0.1) is 12.8 Å². The predicted octanol–water partition coefficient (Wildman–Crippen LogP) is 1.45. The van der Waals surface area contributed by atoms with Gasteiger partial charge >= 0.3 is 0 Å². The van der Waals surface area contributed by atoms with Gasteiger partial charge in [-0.1, -0.05) is 11.3 Å². The van der Waals surface area contributed by atoms with Crippen molar-refractivity contribution in [2.75, 3.05) is 24.6 Å². The van der Waals surface area contributed by atoms with Crippen molar-refractivity contribution in [1.29, 1.82) is 0 Å². The molecule has 4 nitrogen and oxygen atoms in total. The number of hydrogen-bond acceptors (Lipinski definition) is 5. The maximum atomic E-state index is 8.87. The molecule has 2 heterocycles. The van der Waals surface area contributed by atoms with Gasteiger partial charge in [0.2, 0.25) is 5.13 Å². The smallest absolute Gasteiger partial charge is 0.208 e. The van der Waals surface area contributed by atoms with Crippen molar-refractivity contribution in [2.45, 2.75) is 26.2 Å². The molecule has 0 atom stereocenters. The molecule has 0 unspecified atom stereocenters. The van der Waals surface area contributed by atoms with Crippen molar-refractivity contribution in [3.63, 3.8) is 0 Å². The summed E-state index contributed by atoms with van der Waals surface area (Å²) in [6.45, 7) is 4.42. The molecule has 84 valence electrons. The van der Waals surface area contributed by atoms with Crippen LogP contribution in [0.15, 0.2) is 0 Å². The number of aliphatic hydroxyl groups excluding tert-OH is 1. The molecule has 0 amide bonds. The Labute approximate surface area is 93.9 Å². The van der Waals surface area contributed by atoms with Gasteiger partial charge in [-0.2, -0.15) is 0 Å². The van der Waals surface area contributed by atoms with Crippen LogP contribution >= 0.6 is 11.3 Å². The highest BCUT2D eigenvalue weighted by atomic mass is 32.1. The van der Waals surface area contributed by atoms with Crippen LogP contribution in [0.2, 0.25) is 0 Å². The average Bonchev–Trinajstić information content (AvgIpc) is 2.67. The van der Waals surface area contributed by atoms with Crippen LogP contribution in [-0.2, 0) is 0 Å². The zero-order valence-electron chi connectivity index (χ0n) is 9.02. The average molecular weight is 227 g/mol. The molecule has 0 saturated carbocycles. The molecule has 0 bridgehead atoms. The lowest BCUT2D eigenvalue weighted by Crippen LogP contribution is -2.33. The standard InChI is InChI=1S/C10H17N3OS/c1-8-11-12-10(15-8)13-5-2-9(3-6-13)4-7-14/h9,14H,2-7H2,1H3. The Morgan fingerprint density at radius 3 is 2.67 bits per heavy atom. The third-order valence-electron chi connectivity index (χ3n) is 2.94. The van der Waals surface area contributed by atoms with Crippen LogP contribution in [0.3, 0.4) is 0 Å². The van der Waals surface area contributed by atoms with E-state index in [9.17, 15) is 0 Å². The highest BCUT2D eigenvalue weighted by Crippen LogP contribution is 2.26. The molecule has 1 aromatic heterocycles. The summed E-state index contributed by atoms with van der Waals surface area (Å²) < 4.78 is 0. The maximum absolute atomic E-state index is 8.87. The minimum Gasteiger partial charge on any atom is -0.396 e. The SMILES string of the molecule is Cc1nnc(N2CCC(CCO)CC2)s1. The number of piperidine rings is 1. The Balaban J connectivity index is 1.88. The number of rotatable bonds is 3. The first-order valence-electron chi connectivity index (χ1n) is 5.45. The Morgan fingerprint density at radius 1 is 1.40 bits per heavy atom. The van der Waals surface area contributed by atoms with Crippen molar-refractivity contribution in [3.05, 3.63) is 5.01 Å². The van der Waals surface area contributed by atoms with Gasteiger partial charge in [-0.25, -0.2) is 0 Å². The second kappa shape index (κ2) is 4.90. The summed E-state index contributed by atoms with van der Waals surface area (Å²) in [5.74, 6) is 0.695. The molecule has 1 saturated heterocycles. The third-order valence-corrected chi connectivity index (χ3v) is 3.84. The van der Waals surface area contributed by atoms with Gasteiger partial charge in [0.1, 0.15) is 5.01 Å². The molecule has 0 radical (unpaired) electrons. The fourth-order valence-electron chi connectivity index (χ4n) is 2.01. The topological polar surface area (TPSA) is 49.2 Å². The van der Waals surface area contributed by atoms with Crippen molar-refractivity contribution < 1.29 is 5.11 Å². The monoisotopic (exact) mass is 227 g/mol. The zero-order valence-corrected chi connectivity index (χ0v) is 9.83. The molecule has 1 aromatic rings. The molecule has 1 N–H and O–H groups in total. The van der Waals surface area contributed by atoms with Crippen LogP contribution in [0.5, 0.6) is 0 Å². The highest BCUT2D eigenvalue weighted by Gasteiger charge is 2.20. The summed E-state index contributed by atoms with van der Waals surface area (Å²) in [5.41, 5.74) is 0. The van der Waals surface area contributed by atoms with E-state index >= 15 is 0 Å². The van der Waals surface area contributed by atoms with Crippen LogP contribution < -0.4 is 4.90 Å². The van der Waals surface area contributed by atoms with Gasteiger partial charge in [0.15, 0.2) is 0 Å². The van der Waals surface area contributed by atoms with Crippen LogP contribution in [0.25, 0.3) is 0 Å². The number of hydrogen-bond donors (Lipinski definition) is 1. The lowest BCUT2D eigenvalue weighted by Gasteiger charge is -2.31. The number of nitrogens with zero attached hydrogens (tertiary/aromatic N) is 3. The summed E-state index contributed by atoms with van der Waals surface area (Å²) >= 11 is 1.66. The summed E-state index contributed by atoms with van der Waals surface area (Å²) in [6.07, 6.45) is 3.28. The van der Waals surface area contributed by atoms with Gasteiger partial charge in [0.25, 0.3) is 0 Å². The third kappa shape index (κ3) is 2.66. The fourth-order valence-corrected chi connectivity index (χ4v) is 2.75. The number of aliphatic hydroxyl groups is 1. The van der Waals surface area contributed by atoms with Crippen molar-refractivity contribution in [1.82, 2.24) is 10.2 Å². The van der Waals surface area contributed by atoms with E-state index in [0.717, 1.165) is 29.6 Å². The van der Waals surface area contributed by atoms with Crippen LogP contribution in [0.1, 0.15) is 24.3 Å². The van der Waals surface area contributed by atoms with Gasteiger partial charge < -0.3 is 10.0 Å². The van der Waals surface area contributed by atoms with Gasteiger partial charge in [-0.3, -0.25) is 0 Å². The van der Waals surface area contributed by atoms with Crippen molar-refractivity contribution >= 4 is 16.5 Å². The van der Waals surface area contributed by atoms with Crippen molar-refractivity contribution in [2.24, 2.45) is 5.92 Å². The molecule has 1 fully saturated rings. The Hall–Kier alpha value is -0.680. The molecular weight excluding hydrogens is 210 g/mol. The first-order chi connectivity index (χ1) is 7.29. The molecular formula is C10H17N3OS.